The van der Waals surface area contributed by atoms with Crippen LogP contribution in [-0.2, 0) is 20.6 Å². The second-order valence-corrected chi connectivity index (χ2v) is 9.36. The number of benzene rings is 1. The van der Waals surface area contributed by atoms with Crippen molar-refractivity contribution >= 4 is 6.09 Å². The number of carbonyl (C=O) groups excluding carboxylic acids is 1. The number of alkyl carbamates (subject to hydrolysis) is 1. The summed E-state index contributed by atoms with van der Waals surface area (Å²) >= 11 is 0. The van der Waals surface area contributed by atoms with E-state index in [9.17, 15) is 4.79 Å². The van der Waals surface area contributed by atoms with Crippen LogP contribution < -0.4 is 10.6 Å². The molecule has 1 aliphatic rings. The van der Waals surface area contributed by atoms with Crippen molar-refractivity contribution in [1.29, 1.82) is 0 Å². The molecule has 6 nitrogen and oxygen atoms in total. The Kier molecular flexibility index (Phi) is 7.56. The molecule has 0 aromatic heterocycles. The molecule has 4 atom stereocenters. The fourth-order valence-corrected chi connectivity index (χ4v) is 2.70. The minimum absolute atomic E-state index is 0.183. The maximum atomic E-state index is 12.2. The van der Waals surface area contributed by atoms with E-state index in [0.717, 1.165) is 6.42 Å². The van der Waals surface area contributed by atoms with E-state index in [4.69, 9.17) is 14.2 Å². The van der Waals surface area contributed by atoms with Crippen LogP contribution in [0.15, 0.2) is 30.3 Å². The SMILES string of the molecule is C[C@@H](Cc1ccccc1)NC1OC1C(C#COC(C)(C)C)NC(=O)OC(C)(C)C. The van der Waals surface area contributed by atoms with Gasteiger partial charge in [-0.3, -0.25) is 5.32 Å². The summed E-state index contributed by atoms with van der Waals surface area (Å²) in [5, 5.41) is 6.23. The van der Waals surface area contributed by atoms with Crippen LogP contribution in [-0.4, -0.2) is 41.7 Å². The van der Waals surface area contributed by atoms with Gasteiger partial charge in [0, 0.05) is 6.04 Å². The van der Waals surface area contributed by atoms with Gasteiger partial charge in [-0.2, -0.15) is 0 Å². The Bertz CT molecular complexity index is 725. The highest BCUT2D eigenvalue weighted by Gasteiger charge is 2.46. The molecule has 1 aromatic rings. The third-order valence-corrected chi connectivity index (χ3v) is 3.93. The van der Waals surface area contributed by atoms with Gasteiger partial charge in [0.05, 0.1) is 0 Å². The van der Waals surface area contributed by atoms with Gasteiger partial charge in [0.15, 0.2) is 0 Å². The first-order chi connectivity index (χ1) is 13.4. The van der Waals surface area contributed by atoms with Gasteiger partial charge in [-0.05, 0) is 66.4 Å². The second-order valence-electron chi connectivity index (χ2n) is 9.36. The molecule has 2 rings (SSSR count). The maximum Gasteiger partial charge on any atom is 0.408 e. The lowest BCUT2D eigenvalue weighted by molar-refractivity contribution is 0.0509. The van der Waals surface area contributed by atoms with Crippen molar-refractivity contribution in [2.75, 3.05) is 0 Å². The summed E-state index contributed by atoms with van der Waals surface area (Å²) in [5.41, 5.74) is 0.276. The zero-order valence-electron chi connectivity index (χ0n) is 18.5. The van der Waals surface area contributed by atoms with Crippen molar-refractivity contribution in [3.05, 3.63) is 35.9 Å². The van der Waals surface area contributed by atoms with Gasteiger partial charge in [0.25, 0.3) is 0 Å². The predicted molar refractivity (Wildman–Crippen MR) is 113 cm³/mol. The molecular weight excluding hydrogens is 368 g/mol. The molecule has 1 saturated heterocycles. The Morgan fingerprint density at radius 3 is 2.38 bits per heavy atom. The summed E-state index contributed by atoms with van der Waals surface area (Å²) in [5.74, 6) is 2.96. The molecule has 1 fully saturated rings. The Hall–Kier alpha value is -2.23. The minimum Gasteiger partial charge on any atom is -0.444 e. The van der Waals surface area contributed by atoms with Gasteiger partial charge >= 0.3 is 6.09 Å². The molecule has 1 aliphatic heterocycles. The molecule has 160 valence electrons. The van der Waals surface area contributed by atoms with Gasteiger partial charge in [-0.25, -0.2) is 4.79 Å². The van der Waals surface area contributed by atoms with Crippen LogP contribution in [0.3, 0.4) is 0 Å². The first-order valence-electron chi connectivity index (χ1n) is 10.1. The lowest BCUT2D eigenvalue weighted by Crippen LogP contribution is -2.43. The number of hydrogen-bond acceptors (Lipinski definition) is 5. The van der Waals surface area contributed by atoms with Gasteiger partial charge in [0.1, 0.15) is 35.7 Å². The monoisotopic (exact) mass is 402 g/mol. The molecule has 1 amide bonds. The van der Waals surface area contributed by atoms with E-state index in [1.54, 1.807) is 0 Å². The number of amides is 1. The molecule has 0 saturated carbocycles. The van der Waals surface area contributed by atoms with Crippen molar-refractivity contribution in [2.24, 2.45) is 0 Å². The third-order valence-electron chi connectivity index (χ3n) is 3.93. The molecule has 0 spiro atoms. The summed E-state index contributed by atoms with van der Waals surface area (Å²) < 4.78 is 16.6. The molecule has 3 unspecified atom stereocenters. The van der Waals surface area contributed by atoms with E-state index in [1.807, 2.05) is 59.7 Å². The summed E-state index contributed by atoms with van der Waals surface area (Å²) in [6.07, 6.45) is 2.61. The van der Waals surface area contributed by atoms with E-state index in [1.165, 1.54) is 5.56 Å². The summed E-state index contributed by atoms with van der Waals surface area (Å²) in [6.45, 7) is 13.3. The van der Waals surface area contributed by atoms with Crippen molar-refractivity contribution in [2.45, 2.75) is 90.5 Å². The fraction of sp³-hybridized carbons (Fsp3) is 0.609. The van der Waals surface area contributed by atoms with Crippen LogP contribution >= 0.6 is 0 Å². The first kappa shape index (κ1) is 23.1. The van der Waals surface area contributed by atoms with Gasteiger partial charge in [-0.1, -0.05) is 30.3 Å². The van der Waals surface area contributed by atoms with Crippen molar-refractivity contribution < 1.29 is 19.0 Å². The topological polar surface area (TPSA) is 72.1 Å². The fourth-order valence-electron chi connectivity index (χ4n) is 2.70. The molecule has 6 heteroatoms. The number of hydrogen-bond donors (Lipinski definition) is 2. The molecular formula is C23H34N2O4. The quantitative estimate of drug-likeness (QED) is 0.562. The van der Waals surface area contributed by atoms with E-state index in [2.05, 4.69) is 41.7 Å². The second kappa shape index (κ2) is 9.51. The molecule has 0 bridgehead atoms. The normalized spacial score (nSPS) is 20.7. The number of epoxide rings is 1. The Morgan fingerprint density at radius 1 is 1.14 bits per heavy atom. The standard InChI is InChI=1S/C23H34N2O4/c1-16(15-17-11-9-8-10-12-17)24-20-19(28-20)18(13-14-27-22(2,3)4)25-21(26)29-23(5,6)7/h8-12,16,18-20,24H,15H2,1-7H3,(H,25,26)/t16-,18?,19?,20?/m0/s1. The van der Waals surface area contributed by atoms with Crippen LogP contribution in [0.2, 0.25) is 0 Å². The predicted octanol–water partition coefficient (Wildman–Crippen LogP) is 3.60. The zero-order valence-corrected chi connectivity index (χ0v) is 18.5. The highest BCUT2D eigenvalue weighted by atomic mass is 16.6. The van der Waals surface area contributed by atoms with Gasteiger partial charge in [0.2, 0.25) is 0 Å². The number of nitrogens with one attached hydrogen (secondary N) is 2. The Labute approximate surface area is 174 Å². The number of carbonyl (C=O) groups is 1. The van der Waals surface area contributed by atoms with E-state index >= 15 is 0 Å². The third kappa shape index (κ3) is 9.21. The summed E-state index contributed by atoms with van der Waals surface area (Å²) in [7, 11) is 0. The lowest BCUT2D eigenvalue weighted by Gasteiger charge is -2.21. The van der Waals surface area contributed by atoms with Crippen molar-refractivity contribution in [1.82, 2.24) is 10.6 Å². The lowest BCUT2D eigenvalue weighted by atomic mass is 10.1. The van der Waals surface area contributed by atoms with Crippen molar-refractivity contribution in [3.63, 3.8) is 0 Å². The highest BCUT2D eigenvalue weighted by molar-refractivity contribution is 5.69. The minimum atomic E-state index is -0.587. The maximum absolute atomic E-state index is 12.2. The Morgan fingerprint density at radius 2 is 1.79 bits per heavy atom. The first-order valence-corrected chi connectivity index (χ1v) is 10.1. The van der Waals surface area contributed by atoms with Gasteiger partial charge < -0.3 is 19.5 Å². The van der Waals surface area contributed by atoms with E-state index in [-0.39, 0.29) is 18.4 Å². The summed E-state index contributed by atoms with van der Waals surface area (Å²) in [6, 6.07) is 9.96. The molecule has 2 N–H and O–H groups in total. The smallest absolute Gasteiger partial charge is 0.408 e. The summed E-state index contributed by atoms with van der Waals surface area (Å²) in [4.78, 5) is 12.2. The average molecular weight is 403 g/mol. The molecule has 0 radical (unpaired) electrons. The molecule has 1 heterocycles. The van der Waals surface area contributed by atoms with Crippen molar-refractivity contribution in [3.8, 4) is 12.0 Å². The molecule has 1 aromatic carbocycles. The van der Waals surface area contributed by atoms with E-state index < -0.39 is 23.3 Å². The molecule has 29 heavy (non-hydrogen) atoms. The van der Waals surface area contributed by atoms with Gasteiger partial charge in [-0.15, -0.1) is 0 Å². The average Bonchev–Trinajstić information content (AvgIpc) is 3.30. The van der Waals surface area contributed by atoms with E-state index in [0.29, 0.717) is 0 Å². The number of rotatable bonds is 6. The van der Waals surface area contributed by atoms with Crippen LogP contribution in [0, 0.1) is 12.0 Å². The van der Waals surface area contributed by atoms with Crippen LogP contribution in [0.4, 0.5) is 4.79 Å². The Balaban J connectivity index is 1.95. The van der Waals surface area contributed by atoms with Crippen LogP contribution in [0.25, 0.3) is 0 Å². The van der Waals surface area contributed by atoms with Crippen LogP contribution in [0.5, 0.6) is 0 Å². The zero-order chi connectivity index (χ0) is 21.7. The largest absolute Gasteiger partial charge is 0.444 e. The number of ether oxygens (including phenoxy) is 3. The van der Waals surface area contributed by atoms with Crippen LogP contribution in [0.1, 0.15) is 54.0 Å². The molecule has 0 aliphatic carbocycles. The highest BCUT2D eigenvalue weighted by Crippen LogP contribution is 2.24.